The lowest BCUT2D eigenvalue weighted by molar-refractivity contribution is -0.121. The standard InChI is InChI=1S/C14H20N4O2S/c1-3-4-7-12(19)15-8-9-18-14(20)17(2)13(16-18)11-6-5-10-21-11/h5-6,10H,3-4,7-9H2,1-2H3,(H,15,19). The van der Waals surface area contributed by atoms with Crippen LogP contribution < -0.4 is 11.0 Å². The van der Waals surface area contributed by atoms with Crippen LogP contribution in [-0.4, -0.2) is 26.8 Å². The average Bonchev–Trinajstić information content (AvgIpc) is 3.08. The van der Waals surface area contributed by atoms with Crippen molar-refractivity contribution in [3.63, 3.8) is 0 Å². The predicted octanol–water partition coefficient (Wildman–Crippen LogP) is 1.62. The summed E-state index contributed by atoms with van der Waals surface area (Å²) in [6.45, 7) is 2.85. The molecule has 2 aromatic heterocycles. The molecule has 0 aliphatic heterocycles. The first-order valence-corrected chi connectivity index (χ1v) is 7.96. The Kier molecular flexibility index (Phi) is 5.32. The highest BCUT2D eigenvalue weighted by molar-refractivity contribution is 7.13. The lowest BCUT2D eigenvalue weighted by atomic mass is 10.2. The second-order valence-corrected chi connectivity index (χ2v) is 5.77. The lowest BCUT2D eigenvalue weighted by Gasteiger charge is -2.03. The minimum absolute atomic E-state index is 0.0271. The van der Waals surface area contributed by atoms with Gasteiger partial charge in [-0.3, -0.25) is 9.36 Å². The minimum Gasteiger partial charge on any atom is -0.354 e. The molecular weight excluding hydrogens is 288 g/mol. The van der Waals surface area contributed by atoms with Gasteiger partial charge in [-0.1, -0.05) is 19.4 Å². The Morgan fingerprint density at radius 2 is 2.29 bits per heavy atom. The Morgan fingerprint density at radius 3 is 2.95 bits per heavy atom. The minimum atomic E-state index is -0.166. The van der Waals surface area contributed by atoms with E-state index in [1.165, 1.54) is 9.25 Å². The summed E-state index contributed by atoms with van der Waals surface area (Å²) in [5.74, 6) is 0.687. The van der Waals surface area contributed by atoms with Gasteiger partial charge in [0.05, 0.1) is 11.4 Å². The zero-order chi connectivity index (χ0) is 15.2. The summed E-state index contributed by atoms with van der Waals surface area (Å²) in [6.07, 6.45) is 2.42. The second kappa shape index (κ2) is 7.21. The molecule has 0 fully saturated rings. The number of hydrogen-bond acceptors (Lipinski definition) is 4. The summed E-state index contributed by atoms with van der Waals surface area (Å²) in [7, 11) is 1.71. The van der Waals surface area contributed by atoms with Crippen molar-refractivity contribution in [3.05, 3.63) is 28.0 Å². The van der Waals surface area contributed by atoms with Gasteiger partial charge in [0.1, 0.15) is 0 Å². The van der Waals surface area contributed by atoms with Gasteiger partial charge in [0.25, 0.3) is 0 Å². The van der Waals surface area contributed by atoms with Crippen LogP contribution >= 0.6 is 11.3 Å². The maximum Gasteiger partial charge on any atom is 0.346 e. The number of carbonyl (C=O) groups excluding carboxylic acids is 1. The van der Waals surface area contributed by atoms with Crippen molar-refractivity contribution in [3.8, 4) is 10.7 Å². The second-order valence-electron chi connectivity index (χ2n) is 4.82. The number of nitrogens with one attached hydrogen (secondary N) is 1. The maximum absolute atomic E-state index is 12.1. The topological polar surface area (TPSA) is 68.9 Å². The van der Waals surface area contributed by atoms with Crippen LogP contribution in [-0.2, 0) is 18.4 Å². The summed E-state index contributed by atoms with van der Waals surface area (Å²) in [4.78, 5) is 24.6. The molecule has 0 bridgehead atoms. The van der Waals surface area contributed by atoms with E-state index in [9.17, 15) is 9.59 Å². The van der Waals surface area contributed by atoms with Crippen LogP contribution in [0.25, 0.3) is 10.7 Å². The number of thiophene rings is 1. The number of aromatic nitrogens is 3. The van der Waals surface area contributed by atoms with Crippen molar-refractivity contribution < 1.29 is 4.79 Å². The van der Waals surface area contributed by atoms with Gasteiger partial charge in [0.2, 0.25) is 5.91 Å². The number of unbranched alkanes of at least 4 members (excludes halogenated alkanes) is 1. The SMILES string of the molecule is CCCCC(=O)NCCn1nc(-c2cccs2)n(C)c1=O. The molecule has 0 aromatic carbocycles. The third-order valence-corrected chi connectivity index (χ3v) is 4.05. The van der Waals surface area contributed by atoms with Crippen molar-refractivity contribution in [1.29, 1.82) is 0 Å². The largest absolute Gasteiger partial charge is 0.354 e. The monoisotopic (exact) mass is 308 g/mol. The lowest BCUT2D eigenvalue weighted by Crippen LogP contribution is -2.31. The van der Waals surface area contributed by atoms with Gasteiger partial charge >= 0.3 is 5.69 Å². The van der Waals surface area contributed by atoms with Gasteiger partial charge in [-0.25, -0.2) is 9.48 Å². The fraction of sp³-hybridized carbons (Fsp3) is 0.500. The van der Waals surface area contributed by atoms with Gasteiger partial charge in [-0.05, 0) is 17.9 Å². The van der Waals surface area contributed by atoms with Crippen LogP contribution in [0, 0.1) is 0 Å². The molecule has 21 heavy (non-hydrogen) atoms. The molecule has 1 amide bonds. The Bertz CT molecular complexity index is 642. The Morgan fingerprint density at radius 1 is 1.48 bits per heavy atom. The molecule has 2 rings (SSSR count). The molecule has 0 unspecified atom stereocenters. The molecule has 7 heteroatoms. The molecule has 0 saturated heterocycles. The molecule has 0 radical (unpaired) electrons. The molecule has 6 nitrogen and oxygen atoms in total. The van der Waals surface area contributed by atoms with Crippen LogP contribution in [0.5, 0.6) is 0 Å². The van der Waals surface area contributed by atoms with Gasteiger partial charge in [-0.2, -0.15) is 0 Å². The van der Waals surface area contributed by atoms with Gasteiger partial charge in [-0.15, -0.1) is 16.4 Å². The van der Waals surface area contributed by atoms with Gasteiger partial charge in [0.15, 0.2) is 5.82 Å². The molecule has 0 spiro atoms. The molecule has 114 valence electrons. The number of carbonyl (C=O) groups is 1. The Hall–Kier alpha value is -1.89. The first kappa shape index (κ1) is 15.5. The summed E-state index contributed by atoms with van der Waals surface area (Å²) in [6, 6.07) is 3.86. The average molecular weight is 308 g/mol. The summed E-state index contributed by atoms with van der Waals surface area (Å²) in [5.41, 5.74) is -0.166. The van der Waals surface area contributed by atoms with E-state index in [1.807, 2.05) is 24.4 Å². The van der Waals surface area contributed by atoms with E-state index in [0.717, 1.165) is 17.7 Å². The summed E-state index contributed by atoms with van der Waals surface area (Å²) >= 11 is 1.54. The molecule has 1 N–H and O–H groups in total. The molecule has 0 atom stereocenters. The Labute approximate surface area is 127 Å². The molecule has 0 aliphatic carbocycles. The van der Waals surface area contributed by atoms with E-state index in [-0.39, 0.29) is 11.6 Å². The highest BCUT2D eigenvalue weighted by Crippen LogP contribution is 2.20. The first-order valence-electron chi connectivity index (χ1n) is 7.08. The van der Waals surface area contributed by atoms with E-state index < -0.39 is 0 Å². The summed E-state index contributed by atoms with van der Waals surface area (Å²) < 4.78 is 2.93. The zero-order valence-electron chi connectivity index (χ0n) is 12.3. The normalized spacial score (nSPS) is 10.8. The van der Waals surface area contributed by atoms with E-state index in [0.29, 0.717) is 25.3 Å². The van der Waals surface area contributed by atoms with Gasteiger partial charge in [0, 0.05) is 20.0 Å². The van der Waals surface area contributed by atoms with E-state index in [4.69, 9.17) is 0 Å². The first-order chi connectivity index (χ1) is 10.1. The number of nitrogens with zero attached hydrogens (tertiary/aromatic N) is 3. The van der Waals surface area contributed by atoms with Crippen LogP contribution in [0.2, 0.25) is 0 Å². The molecular formula is C14H20N4O2S. The van der Waals surface area contributed by atoms with E-state index in [1.54, 1.807) is 18.4 Å². The van der Waals surface area contributed by atoms with Gasteiger partial charge < -0.3 is 5.32 Å². The Balaban J connectivity index is 1.97. The summed E-state index contributed by atoms with van der Waals surface area (Å²) in [5, 5.41) is 9.10. The molecule has 0 aliphatic rings. The van der Waals surface area contributed by atoms with Crippen LogP contribution in [0.3, 0.4) is 0 Å². The third kappa shape index (κ3) is 3.81. The quantitative estimate of drug-likeness (QED) is 0.845. The van der Waals surface area contributed by atoms with E-state index >= 15 is 0 Å². The third-order valence-electron chi connectivity index (χ3n) is 3.19. The van der Waals surface area contributed by atoms with Crippen molar-refractivity contribution in [2.75, 3.05) is 6.54 Å². The predicted molar refractivity (Wildman–Crippen MR) is 83.3 cm³/mol. The zero-order valence-corrected chi connectivity index (χ0v) is 13.2. The molecule has 2 heterocycles. The van der Waals surface area contributed by atoms with Crippen LogP contribution in [0.4, 0.5) is 0 Å². The number of rotatable bonds is 7. The van der Waals surface area contributed by atoms with Crippen molar-refractivity contribution in [2.45, 2.75) is 32.7 Å². The van der Waals surface area contributed by atoms with Crippen LogP contribution in [0.15, 0.2) is 22.3 Å². The highest BCUT2D eigenvalue weighted by atomic mass is 32.1. The maximum atomic E-state index is 12.1. The molecule has 0 saturated carbocycles. The fourth-order valence-corrected chi connectivity index (χ4v) is 2.72. The van der Waals surface area contributed by atoms with Crippen molar-refractivity contribution in [1.82, 2.24) is 19.7 Å². The molecule has 2 aromatic rings. The smallest absolute Gasteiger partial charge is 0.346 e. The fourth-order valence-electron chi connectivity index (χ4n) is 1.98. The highest BCUT2D eigenvalue weighted by Gasteiger charge is 2.12. The number of amides is 1. The van der Waals surface area contributed by atoms with E-state index in [2.05, 4.69) is 10.4 Å². The van der Waals surface area contributed by atoms with Crippen molar-refractivity contribution in [2.24, 2.45) is 7.05 Å². The van der Waals surface area contributed by atoms with Crippen LogP contribution in [0.1, 0.15) is 26.2 Å². The van der Waals surface area contributed by atoms with Crippen molar-refractivity contribution >= 4 is 17.2 Å². The number of hydrogen-bond donors (Lipinski definition) is 1.